The van der Waals surface area contributed by atoms with E-state index in [1.165, 1.54) is 30.5 Å². The Bertz CT molecular complexity index is 1110. The molecule has 1 aliphatic rings. The minimum Gasteiger partial charge on any atom is -0.484 e. The number of hydrogen-bond donors (Lipinski definition) is 2. The number of amides is 3. The topological polar surface area (TPSA) is 101 Å². The van der Waals surface area contributed by atoms with Gasteiger partial charge in [-0.15, -0.1) is 0 Å². The number of rotatable bonds is 8. The van der Waals surface area contributed by atoms with Gasteiger partial charge >= 0.3 is 0 Å². The number of halogens is 1. The third-order valence-corrected chi connectivity index (χ3v) is 5.16. The first-order chi connectivity index (χ1) is 16.0. The summed E-state index contributed by atoms with van der Waals surface area (Å²) in [4.78, 5) is 38.4. The Hall–Kier alpha value is -4.14. The smallest absolute Gasteiger partial charge is 0.262 e. The molecule has 0 radical (unpaired) electrons. The van der Waals surface area contributed by atoms with Crippen LogP contribution in [0.2, 0.25) is 0 Å². The molecule has 2 heterocycles. The first-order valence-electron chi connectivity index (χ1n) is 10.4. The molecule has 4 rings (SSSR count). The fourth-order valence-electron chi connectivity index (χ4n) is 3.47. The molecule has 1 saturated heterocycles. The highest BCUT2D eigenvalue weighted by Gasteiger charge is 2.35. The van der Waals surface area contributed by atoms with Crippen LogP contribution in [0.1, 0.15) is 12.2 Å². The van der Waals surface area contributed by atoms with Crippen molar-refractivity contribution in [3.8, 4) is 5.75 Å². The molecular formula is C24H22FN3O5. The van der Waals surface area contributed by atoms with Gasteiger partial charge < -0.3 is 24.7 Å². The number of furan rings is 1. The molecule has 8 nitrogen and oxygen atoms in total. The van der Waals surface area contributed by atoms with Crippen LogP contribution in [0.4, 0.5) is 15.8 Å². The second-order valence-corrected chi connectivity index (χ2v) is 7.54. The van der Waals surface area contributed by atoms with Crippen LogP contribution in [-0.4, -0.2) is 30.9 Å². The van der Waals surface area contributed by atoms with Crippen molar-refractivity contribution in [1.29, 1.82) is 0 Å². The highest BCUT2D eigenvalue weighted by molar-refractivity contribution is 6.00. The van der Waals surface area contributed by atoms with E-state index in [9.17, 15) is 18.8 Å². The van der Waals surface area contributed by atoms with E-state index in [1.807, 2.05) is 0 Å². The molecule has 1 atom stereocenters. The summed E-state index contributed by atoms with van der Waals surface area (Å²) in [6, 6.07) is 15.6. The van der Waals surface area contributed by atoms with Crippen LogP contribution >= 0.6 is 0 Å². The highest BCUT2D eigenvalue weighted by Crippen LogP contribution is 2.27. The summed E-state index contributed by atoms with van der Waals surface area (Å²) in [5.74, 6) is -0.460. The molecule has 3 aromatic rings. The normalized spacial score (nSPS) is 15.4. The molecule has 2 N–H and O–H groups in total. The van der Waals surface area contributed by atoms with Gasteiger partial charge in [0.2, 0.25) is 11.8 Å². The molecule has 9 heteroatoms. The van der Waals surface area contributed by atoms with Crippen LogP contribution in [0.3, 0.4) is 0 Å². The summed E-state index contributed by atoms with van der Waals surface area (Å²) in [6.07, 6.45) is 1.67. The minimum atomic E-state index is -0.446. The predicted molar refractivity (Wildman–Crippen MR) is 118 cm³/mol. The lowest BCUT2D eigenvalue weighted by Crippen LogP contribution is -2.32. The van der Waals surface area contributed by atoms with Crippen molar-refractivity contribution in [3.63, 3.8) is 0 Å². The van der Waals surface area contributed by atoms with Crippen LogP contribution in [-0.2, 0) is 20.9 Å². The van der Waals surface area contributed by atoms with Gasteiger partial charge in [-0.25, -0.2) is 4.39 Å². The van der Waals surface area contributed by atoms with Gasteiger partial charge in [0, 0.05) is 24.3 Å². The third-order valence-electron chi connectivity index (χ3n) is 5.16. The summed E-state index contributed by atoms with van der Waals surface area (Å²) in [5, 5.41) is 5.40. The van der Waals surface area contributed by atoms with Gasteiger partial charge in [-0.05, 0) is 60.7 Å². The number of anilines is 2. The lowest BCUT2D eigenvalue weighted by atomic mass is 10.1. The average molecular weight is 451 g/mol. The van der Waals surface area contributed by atoms with Crippen LogP contribution in [0, 0.1) is 11.7 Å². The van der Waals surface area contributed by atoms with Crippen molar-refractivity contribution >= 4 is 29.1 Å². The highest BCUT2D eigenvalue weighted by atomic mass is 19.1. The van der Waals surface area contributed by atoms with Crippen molar-refractivity contribution in [2.75, 3.05) is 23.4 Å². The summed E-state index contributed by atoms with van der Waals surface area (Å²) in [7, 11) is 0. The fourth-order valence-corrected chi connectivity index (χ4v) is 3.47. The van der Waals surface area contributed by atoms with Gasteiger partial charge in [-0.2, -0.15) is 0 Å². The molecule has 1 aromatic heterocycles. The first kappa shape index (κ1) is 22.1. The van der Waals surface area contributed by atoms with E-state index in [1.54, 1.807) is 41.3 Å². The maximum Gasteiger partial charge on any atom is 0.262 e. The average Bonchev–Trinajstić information content (AvgIpc) is 3.48. The van der Waals surface area contributed by atoms with E-state index in [2.05, 4.69) is 10.6 Å². The number of nitrogens with one attached hydrogen (secondary N) is 2. The van der Waals surface area contributed by atoms with Crippen LogP contribution < -0.4 is 20.3 Å². The lowest BCUT2D eigenvalue weighted by Gasteiger charge is -2.17. The molecule has 1 aliphatic heterocycles. The second kappa shape index (κ2) is 9.99. The SMILES string of the molecule is O=C(COc1ccc(N2CC(C(=O)NCc3ccco3)CC2=O)cc1)Nc1ccc(F)cc1. The number of nitrogens with zero attached hydrogens (tertiary/aromatic N) is 1. The zero-order valence-corrected chi connectivity index (χ0v) is 17.6. The number of ether oxygens (including phenoxy) is 1. The Labute approximate surface area is 189 Å². The summed E-state index contributed by atoms with van der Waals surface area (Å²) < 4.78 is 23.6. The summed E-state index contributed by atoms with van der Waals surface area (Å²) in [5.41, 5.74) is 1.11. The fraction of sp³-hybridized carbons (Fsp3) is 0.208. The van der Waals surface area contributed by atoms with E-state index >= 15 is 0 Å². The van der Waals surface area contributed by atoms with Crippen molar-refractivity contribution in [1.82, 2.24) is 5.32 Å². The van der Waals surface area contributed by atoms with Crippen molar-refractivity contribution < 1.29 is 27.9 Å². The monoisotopic (exact) mass is 451 g/mol. The zero-order valence-electron chi connectivity index (χ0n) is 17.6. The molecule has 0 saturated carbocycles. The van der Waals surface area contributed by atoms with Gasteiger partial charge in [0.1, 0.15) is 17.3 Å². The second-order valence-electron chi connectivity index (χ2n) is 7.54. The molecule has 33 heavy (non-hydrogen) atoms. The number of carbonyl (C=O) groups excluding carboxylic acids is 3. The van der Waals surface area contributed by atoms with Gasteiger partial charge in [0.05, 0.1) is 18.7 Å². The van der Waals surface area contributed by atoms with Crippen LogP contribution in [0.15, 0.2) is 71.3 Å². The number of carbonyl (C=O) groups is 3. The molecular weight excluding hydrogens is 429 g/mol. The lowest BCUT2D eigenvalue weighted by molar-refractivity contribution is -0.126. The predicted octanol–water partition coefficient (Wildman–Crippen LogP) is 3.11. The van der Waals surface area contributed by atoms with Gasteiger partial charge in [0.25, 0.3) is 5.91 Å². The largest absolute Gasteiger partial charge is 0.484 e. The van der Waals surface area contributed by atoms with Crippen LogP contribution in [0.25, 0.3) is 0 Å². The quantitative estimate of drug-likeness (QED) is 0.548. The van der Waals surface area contributed by atoms with Crippen LogP contribution in [0.5, 0.6) is 5.75 Å². The molecule has 0 spiro atoms. The minimum absolute atomic E-state index is 0.131. The molecule has 3 amide bonds. The first-order valence-corrected chi connectivity index (χ1v) is 10.4. The Kier molecular flexibility index (Phi) is 6.68. The third kappa shape index (κ3) is 5.76. The Morgan fingerprint density at radius 1 is 1.09 bits per heavy atom. The molecule has 2 aromatic carbocycles. The maximum absolute atomic E-state index is 12.9. The Morgan fingerprint density at radius 3 is 2.55 bits per heavy atom. The van der Waals surface area contributed by atoms with Crippen molar-refractivity contribution in [2.45, 2.75) is 13.0 Å². The van der Waals surface area contributed by atoms with E-state index in [4.69, 9.17) is 9.15 Å². The Morgan fingerprint density at radius 2 is 1.85 bits per heavy atom. The zero-order chi connectivity index (χ0) is 23.2. The van der Waals surface area contributed by atoms with Gasteiger partial charge in [-0.3, -0.25) is 14.4 Å². The van der Waals surface area contributed by atoms with Gasteiger partial charge in [-0.1, -0.05) is 0 Å². The van der Waals surface area contributed by atoms with Crippen molar-refractivity contribution in [3.05, 3.63) is 78.5 Å². The van der Waals surface area contributed by atoms with Gasteiger partial charge in [0.15, 0.2) is 6.61 Å². The molecule has 1 unspecified atom stereocenters. The molecule has 170 valence electrons. The van der Waals surface area contributed by atoms with E-state index < -0.39 is 5.92 Å². The Balaban J connectivity index is 1.26. The summed E-state index contributed by atoms with van der Waals surface area (Å²) >= 11 is 0. The van der Waals surface area contributed by atoms with E-state index in [0.717, 1.165) is 0 Å². The molecule has 0 bridgehead atoms. The molecule has 1 fully saturated rings. The number of benzene rings is 2. The van der Waals surface area contributed by atoms with E-state index in [-0.39, 0.29) is 49.7 Å². The maximum atomic E-state index is 12.9. The number of hydrogen-bond acceptors (Lipinski definition) is 5. The standard InChI is InChI=1S/C24H22FN3O5/c25-17-3-5-18(6-4-17)27-22(29)15-33-20-9-7-19(8-10-20)28-14-16(12-23(28)30)24(31)26-13-21-2-1-11-32-21/h1-11,16H,12-15H2,(H,26,31)(H,27,29). The molecule has 0 aliphatic carbocycles. The summed E-state index contributed by atoms with van der Waals surface area (Å²) in [6.45, 7) is 0.331. The van der Waals surface area contributed by atoms with Crippen molar-refractivity contribution in [2.24, 2.45) is 5.92 Å². The van der Waals surface area contributed by atoms with E-state index in [0.29, 0.717) is 22.9 Å².